The maximum atomic E-state index is 12.6. The van der Waals surface area contributed by atoms with E-state index in [-0.39, 0.29) is 17.9 Å². The van der Waals surface area contributed by atoms with Crippen molar-refractivity contribution in [1.82, 2.24) is 10.3 Å². The van der Waals surface area contributed by atoms with Gasteiger partial charge in [0.15, 0.2) is 5.76 Å². The van der Waals surface area contributed by atoms with E-state index < -0.39 is 0 Å². The lowest BCUT2D eigenvalue weighted by Gasteiger charge is -2.18. The number of aromatic nitrogens is 1. The zero-order valence-corrected chi connectivity index (χ0v) is 16.2. The van der Waals surface area contributed by atoms with Crippen molar-refractivity contribution >= 4 is 17.7 Å². The Bertz CT molecular complexity index is 898. The van der Waals surface area contributed by atoms with Gasteiger partial charge >= 0.3 is 0 Å². The summed E-state index contributed by atoms with van der Waals surface area (Å²) in [5.74, 6) is 1.88. The molecular formula is C22H22N2O3S. The third kappa shape index (κ3) is 4.82. The van der Waals surface area contributed by atoms with Crippen molar-refractivity contribution in [3.8, 4) is 0 Å². The standard InChI is InChI=1S/C22H22N2O3S/c25-22(21-7-6-18(27-21)15-28-19-4-2-1-3-5-19)24-20-14-26-13-17(20)12-16-8-10-23-11-9-16/h1-11,17,20H,12-15H2,(H,24,25)/t17-,20+/m1/s1. The number of pyridine rings is 1. The van der Waals surface area contributed by atoms with Crippen LogP contribution in [0.3, 0.4) is 0 Å². The molecule has 1 fully saturated rings. The number of ether oxygens (including phenoxy) is 1. The molecular weight excluding hydrogens is 372 g/mol. The largest absolute Gasteiger partial charge is 0.455 e. The van der Waals surface area contributed by atoms with E-state index in [4.69, 9.17) is 9.15 Å². The van der Waals surface area contributed by atoms with Gasteiger partial charge in [-0.1, -0.05) is 18.2 Å². The average molecular weight is 394 g/mol. The number of rotatable bonds is 7. The molecule has 4 rings (SSSR count). The Morgan fingerprint density at radius 2 is 1.89 bits per heavy atom. The van der Waals surface area contributed by atoms with Crippen molar-refractivity contribution in [1.29, 1.82) is 0 Å². The number of benzene rings is 1. The number of hydrogen-bond donors (Lipinski definition) is 1. The lowest BCUT2D eigenvalue weighted by molar-refractivity contribution is 0.0895. The van der Waals surface area contributed by atoms with Gasteiger partial charge in [-0.3, -0.25) is 9.78 Å². The molecule has 6 heteroatoms. The molecule has 1 aliphatic heterocycles. The Morgan fingerprint density at radius 3 is 2.71 bits per heavy atom. The molecule has 0 saturated carbocycles. The molecule has 28 heavy (non-hydrogen) atoms. The van der Waals surface area contributed by atoms with Gasteiger partial charge in [0, 0.05) is 23.2 Å². The first-order valence-electron chi connectivity index (χ1n) is 9.32. The molecule has 144 valence electrons. The summed E-state index contributed by atoms with van der Waals surface area (Å²) in [6.45, 7) is 1.17. The molecule has 1 N–H and O–H groups in total. The lowest BCUT2D eigenvalue weighted by Crippen LogP contribution is -2.40. The third-order valence-electron chi connectivity index (χ3n) is 4.77. The minimum absolute atomic E-state index is 0.0205. The summed E-state index contributed by atoms with van der Waals surface area (Å²) in [6, 6.07) is 17.7. The molecule has 3 aromatic rings. The Morgan fingerprint density at radius 1 is 1.07 bits per heavy atom. The van der Waals surface area contributed by atoms with Gasteiger partial charge in [0.2, 0.25) is 0 Å². The maximum absolute atomic E-state index is 12.6. The normalized spacial score (nSPS) is 18.9. The summed E-state index contributed by atoms with van der Waals surface area (Å²) in [4.78, 5) is 17.8. The molecule has 5 nitrogen and oxygen atoms in total. The monoisotopic (exact) mass is 394 g/mol. The summed E-state index contributed by atoms with van der Waals surface area (Å²) >= 11 is 1.68. The fourth-order valence-electron chi connectivity index (χ4n) is 3.27. The molecule has 2 atom stereocenters. The fourth-order valence-corrected chi connectivity index (χ4v) is 4.08. The van der Waals surface area contributed by atoms with Crippen molar-refractivity contribution in [3.05, 3.63) is 84.1 Å². The van der Waals surface area contributed by atoms with Crippen LogP contribution in [0.1, 0.15) is 21.9 Å². The molecule has 0 spiro atoms. The molecule has 3 heterocycles. The molecule has 1 aliphatic rings. The first kappa shape index (κ1) is 18.8. The second-order valence-corrected chi connectivity index (χ2v) is 7.85. The number of thioether (sulfide) groups is 1. The number of amides is 1. The summed E-state index contributed by atoms with van der Waals surface area (Å²) in [5.41, 5.74) is 1.20. The lowest BCUT2D eigenvalue weighted by atomic mass is 9.95. The van der Waals surface area contributed by atoms with Gasteiger partial charge in [0.05, 0.1) is 25.0 Å². The minimum Gasteiger partial charge on any atom is -0.455 e. The van der Waals surface area contributed by atoms with Crippen LogP contribution in [0.2, 0.25) is 0 Å². The molecule has 1 saturated heterocycles. The summed E-state index contributed by atoms with van der Waals surface area (Å²) in [6.07, 6.45) is 4.43. The fraction of sp³-hybridized carbons (Fsp3) is 0.273. The van der Waals surface area contributed by atoms with Gasteiger partial charge in [-0.25, -0.2) is 0 Å². The van der Waals surface area contributed by atoms with Crippen molar-refractivity contribution in [2.45, 2.75) is 23.1 Å². The second kappa shape index (κ2) is 9.08. The number of carbonyl (C=O) groups is 1. The number of nitrogens with zero attached hydrogens (tertiary/aromatic N) is 1. The Kier molecular flexibility index (Phi) is 6.09. The van der Waals surface area contributed by atoms with Gasteiger partial charge < -0.3 is 14.5 Å². The highest BCUT2D eigenvalue weighted by atomic mass is 32.2. The van der Waals surface area contributed by atoms with Crippen molar-refractivity contribution in [2.24, 2.45) is 5.92 Å². The molecule has 0 aliphatic carbocycles. The van der Waals surface area contributed by atoms with E-state index in [1.54, 1.807) is 30.2 Å². The van der Waals surface area contributed by atoms with Crippen LogP contribution in [0.4, 0.5) is 0 Å². The maximum Gasteiger partial charge on any atom is 0.287 e. The smallest absolute Gasteiger partial charge is 0.287 e. The Labute approximate surface area is 168 Å². The van der Waals surface area contributed by atoms with Crippen molar-refractivity contribution in [2.75, 3.05) is 13.2 Å². The first-order chi connectivity index (χ1) is 13.8. The first-order valence-corrected chi connectivity index (χ1v) is 10.3. The Balaban J connectivity index is 1.32. The SMILES string of the molecule is O=C(N[C@H]1COC[C@H]1Cc1ccncc1)c1ccc(CSc2ccccc2)o1. The van der Waals surface area contributed by atoms with Crippen LogP contribution in [-0.2, 0) is 16.9 Å². The molecule has 0 unspecified atom stereocenters. The predicted octanol–water partition coefficient (Wildman–Crippen LogP) is 3.95. The van der Waals surface area contributed by atoms with Gasteiger partial charge in [-0.05, 0) is 48.4 Å². The van der Waals surface area contributed by atoms with Crippen LogP contribution in [0.25, 0.3) is 0 Å². The zero-order valence-electron chi connectivity index (χ0n) is 15.4. The van der Waals surface area contributed by atoms with E-state index in [0.717, 1.165) is 12.2 Å². The van der Waals surface area contributed by atoms with Crippen LogP contribution in [0.5, 0.6) is 0 Å². The van der Waals surface area contributed by atoms with E-state index in [2.05, 4.69) is 22.4 Å². The van der Waals surface area contributed by atoms with Gasteiger partial charge in [0.1, 0.15) is 5.76 Å². The highest BCUT2D eigenvalue weighted by Crippen LogP contribution is 2.24. The average Bonchev–Trinajstić information content (AvgIpc) is 3.38. The van der Waals surface area contributed by atoms with E-state index in [1.165, 1.54) is 10.5 Å². The molecule has 0 bridgehead atoms. The molecule has 2 aromatic heterocycles. The number of hydrogen-bond acceptors (Lipinski definition) is 5. The number of nitrogens with one attached hydrogen (secondary N) is 1. The van der Waals surface area contributed by atoms with E-state index in [0.29, 0.717) is 24.7 Å². The van der Waals surface area contributed by atoms with Crippen molar-refractivity contribution in [3.63, 3.8) is 0 Å². The van der Waals surface area contributed by atoms with Crippen molar-refractivity contribution < 1.29 is 13.9 Å². The molecule has 1 aromatic carbocycles. The predicted molar refractivity (Wildman–Crippen MR) is 108 cm³/mol. The highest BCUT2D eigenvalue weighted by Gasteiger charge is 2.30. The second-order valence-electron chi connectivity index (χ2n) is 6.80. The van der Waals surface area contributed by atoms with Crippen LogP contribution >= 0.6 is 11.8 Å². The van der Waals surface area contributed by atoms with Crippen LogP contribution in [0.15, 0.2) is 76.3 Å². The number of furan rings is 1. The number of carbonyl (C=O) groups excluding carboxylic acids is 1. The third-order valence-corrected chi connectivity index (χ3v) is 5.81. The minimum atomic E-state index is -0.189. The summed E-state index contributed by atoms with van der Waals surface area (Å²) in [7, 11) is 0. The van der Waals surface area contributed by atoms with Gasteiger partial charge in [-0.15, -0.1) is 11.8 Å². The summed E-state index contributed by atoms with van der Waals surface area (Å²) < 4.78 is 11.4. The van der Waals surface area contributed by atoms with E-state index in [1.807, 2.05) is 36.4 Å². The van der Waals surface area contributed by atoms with Gasteiger partial charge in [0.25, 0.3) is 5.91 Å². The van der Waals surface area contributed by atoms with Crippen LogP contribution < -0.4 is 5.32 Å². The molecule has 1 amide bonds. The van der Waals surface area contributed by atoms with Crippen LogP contribution in [-0.4, -0.2) is 30.1 Å². The topological polar surface area (TPSA) is 64.4 Å². The Hall–Kier alpha value is -2.57. The quantitative estimate of drug-likeness (QED) is 0.615. The zero-order chi connectivity index (χ0) is 19.2. The highest BCUT2D eigenvalue weighted by molar-refractivity contribution is 7.98. The van der Waals surface area contributed by atoms with Gasteiger partial charge in [-0.2, -0.15) is 0 Å². The van der Waals surface area contributed by atoms with Crippen LogP contribution in [0, 0.1) is 5.92 Å². The summed E-state index contributed by atoms with van der Waals surface area (Å²) in [5, 5.41) is 3.07. The van der Waals surface area contributed by atoms with E-state index >= 15 is 0 Å². The molecule has 0 radical (unpaired) electrons. The van der Waals surface area contributed by atoms with E-state index in [9.17, 15) is 4.79 Å².